The highest BCUT2D eigenvalue weighted by molar-refractivity contribution is 6.30. The van der Waals surface area contributed by atoms with Crippen molar-refractivity contribution in [3.63, 3.8) is 0 Å². The molecule has 4 rings (SSSR count). The molecule has 0 aliphatic heterocycles. The van der Waals surface area contributed by atoms with Crippen molar-refractivity contribution >= 4 is 17.5 Å². The fourth-order valence-corrected chi connectivity index (χ4v) is 2.77. The standard InChI is InChI=1S/C20H15ClN4O2/c21-15-5-7-16(8-6-15)25-18(11-17(24-25)19-4-2-10-27-19)20(26)23-13-14-3-1-9-22-12-14/h1-12H,13H2,(H,23,26). The highest BCUT2D eigenvalue weighted by Crippen LogP contribution is 2.23. The SMILES string of the molecule is O=C(NCc1cccnc1)c1cc(-c2ccco2)nn1-c1ccc(Cl)cc1. The first-order valence-corrected chi connectivity index (χ1v) is 8.65. The summed E-state index contributed by atoms with van der Waals surface area (Å²) in [7, 11) is 0. The Morgan fingerprint density at radius 2 is 2.00 bits per heavy atom. The van der Waals surface area contributed by atoms with Crippen LogP contribution in [0.4, 0.5) is 0 Å². The zero-order valence-corrected chi connectivity index (χ0v) is 14.9. The number of benzene rings is 1. The number of hydrogen-bond acceptors (Lipinski definition) is 4. The van der Waals surface area contributed by atoms with E-state index in [1.54, 1.807) is 65.8 Å². The van der Waals surface area contributed by atoms with Gasteiger partial charge >= 0.3 is 0 Å². The molecule has 0 spiro atoms. The summed E-state index contributed by atoms with van der Waals surface area (Å²) in [4.78, 5) is 16.9. The minimum atomic E-state index is -0.251. The predicted octanol–water partition coefficient (Wildman–Crippen LogP) is 4.11. The summed E-state index contributed by atoms with van der Waals surface area (Å²) in [5, 5.41) is 8.05. The maximum Gasteiger partial charge on any atom is 0.270 e. The Bertz CT molecular complexity index is 1040. The summed E-state index contributed by atoms with van der Waals surface area (Å²) in [5.74, 6) is 0.336. The molecule has 7 heteroatoms. The van der Waals surface area contributed by atoms with Crippen LogP contribution in [0.15, 0.2) is 77.7 Å². The normalized spacial score (nSPS) is 10.7. The topological polar surface area (TPSA) is 73.0 Å². The van der Waals surface area contributed by atoms with E-state index in [2.05, 4.69) is 15.4 Å². The van der Waals surface area contributed by atoms with Crippen LogP contribution in [-0.2, 0) is 6.54 Å². The van der Waals surface area contributed by atoms with Crippen LogP contribution in [0, 0.1) is 0 Å². The van der Waals surface area contributed by atoms with Crippen molar-refractivity contribution in [3.8, 4) is 17.1 Å². The van der Waals surface area contributed by atoms with Gasteiger partial charge < -0.3 is 9.73 Å². The van der Waals surface area contributed by atoms with Crippen molar-refractivity contribution in [2.45, 2.75) is 6.54 Å². The summed E-state index contributed by atoms with van der Waals surface area (Å²) in [6.07, 6.45) is 4.97. The smallest absolute Gasteiger partial charge is 0.270 e. The van der Waals surface area contributed by atoms with Crippen molar-refractivity contribution in [3.05, 3.63) is 89.5 Å². The molecule has 0 aliphatic rings. The Morgan fingerprint density at radius 3 is 2.70 bits per heavy atom. The van der Waals surface area contributed by atoms with Gasteiger partial charge in [0.05, 0.1) is 12.0 Å². The lowest BCUT2D eigenvalue weighted by Crippen LogP contribution is -2.25. The molecule has 0 bridgehead atoms. The second-order valence-electron chi connectivity index (χ2n) is 5.82. The van der Waals surface area contributed by atoms with E-state index >= 15 is 0 Å². The van der Waals surface area contributed by atoms with Crippen LogP contribution in [0.3, 0.4) is 0 Å². The van der Waals surface area contributed by atoms with Gasteiger partial charge in [-0.05, 0) is 48.0 Å². The van der Waals surface area contributed by atoms with Crippen LogP contribution in [0.5, 0.6) is 0 Å². The highest BCUT2D eigenvalue weighted by Gasteiger charge is 2.18. The number of rotatable bonds is 5. The number of amides is 1. The summed E-state index contributed by atoms with van der Waals surface area (Å²) >= 11 is 5.98. The molecule has 0 saturated heterocycles. The minimum Gasteiger partial charge on any atom is -0.463 e. The van der Waals surface area contributed by atoms with E-state index in [0.717, 1.165) is 11.3 Å². The van der Waals surface area contributed by atoms with Crippen LogP contribution >= 0.6 is 11.6 Å². The molecule has 4 aromatic rings. The maximum atomic E-state index is 12.8. The van der Waals surface area contributed by atoms with Crippen molar-refractivity contribution in [1.29, 1.82) is 0 Å². The summed E-state index contributed by atoms with van der Waals surface area (Å²) < 4.78 is 6.99. The molecule has 0 aliphatic carbocycles. The molecule has 0 unspecified atom stereocenters. The van der Waals surface area contributed by atoms with Gasteiger partial charge in [-0.25, -0.2) is 4.68 Å². The molecule has 0 saturated carbocycles. The van der Waals surface area contributed by atoms with Gasteiger partial charge in [-0.1, -0.05) is 17.7 Å². The first-order valence-electron chi connectivity index (χ1n) is 8.28. The fourth-order valence-electron chi connectivity index (χ4n) is 2.64. The Balaban J connectivity index is 1.67. The molecule has 3 heterocycles. The zero-order chi connectivity index (χ0) is 18.6. The number of halogens is 1. The molecule has 134 valence electrons. The number of carbonyl (C=O) groups excluding carboxylic acids is 1. The lowest BCUT2D eigenvalue weighted by atomic mass is 10.2. The maximum absolute atomic E-state index is 12.8. The van der Waals surface area contributed by atoms with Gasteiger partial charge in [-0.15, -0.1) is 0 Å². The van der Waals surface area contributed by atoms with E-state index in [9.17, 15) is 4.79 Å². The Labute approximate surface area is 160 Å². The second-order valence-corrected chi connectivity index (χ2v) is 6.26. The molecular formula is C20H15ClN4O2. The van der Waals surface area contributed by atoms with Crippen LogP contribution in [-0.4, -0.2) is 20.7 Å². The van der Waals surface area contributed by atoms with Gasteiger partial charge in [0.1, 0.15) is 11.4 Å². The molecule has 27 heavy (non-hydrogen) atoms. The minimum absolute atomic E-state index is 0.251. The molecular weight excluding hydrogens is 364 g/mol. The van der Waals surface area contributed by atoms with Crippen molar-refractivity contribution in [2.75, 3.05) is 0 Å². The van der Waals surface area contributed by atoms with Gasteiger partial charge in [0.2, 0.25) is 0 Å². The summed E-state index contributed by atoms with van der Waals surface area (Å²) in [5.41, 5.74) is 2.60. The van der Waals surface area contributed by atoms with E-state index in [1.165, 1.54) is 0 Å². The quantitative estimate of drug-likeness (QED) is 0.567. The average molecular weight is 379 g/mol. The number of carbonyl (C=O) groups is 1. The van der Waals surface area contributed by atoms with E-state index in [-0.39, 0.29) is 5.91 Å². The van der Waals surface area contributed by atoms with Gasteiger partial charge in [-0.3, -0.25) is 9.78 Å². The lowest BCUT2D eigenvalue weighted by Gasteiger charge is -2.08. The fraction of sp³-hybridized carbons (Fsp3) is 0.0500. The predicted molar refractivity (Wildman–Crippen MR) is 102 cm³/mol. The van der Waals surface area contributed by atoms with E-state index in [4.69, 9.17) is 16.0 Å². The first-order chi connectivity index (χ1) is 13.2. The van der Waals surface area contributed by atoms with Crippen LogP contribution in [0.1, 0.15) is 16.1 Å². The Morgan fingerprint density at radius 1 is 1.15 bits per heavy atom. The Hall–Kier alpha value is -3.38. The van der Waals surface area contributed by atoms with Crippen LogP contribution in [0.2, 0.25) is 5.02 Å². The van der Waals surface area contributed by atoms with Gasteiger partial charge in [0, 0.05) is 30.0 Å². The lowest BCUT2D eigenvalue weighted by molar-refractivity contribution is 0.0943. The molecule has 1 aromatic carbocycles. The van der Waals surface area contributed by atoms with Crippen LogP contribution < -0.4 is 5.32 Å². The first kappa shape index (κ1) is 17.1. The van der Waals surface area contributed by atoms with Gasteiger partial charge in [-0.2, -0.15) is 5.10 Å². The molecule has 3 aromatic heterocycles. The number of pyridine rings is 1. The van der Waals surface area contributed by atoms with Crippen molar-refractivity contribution in [2.24, 2.45) is 0 Å². The number of aromatic nitrogens is 3. The number of nitrogens with zero attached hydrogens (tertiary/aromatic N) is 3. The Kier molecular flexibility index (Phi) is 4.72. The molecule has 1 N–H and O–H groups in total. The third-order valence-corrected chi connectivity index (χ3v) is 4.21. The number of furan rings is 1. The van der Waals surface area contributed by atoms with Crippen LogP contribution in [0.25, 0.3) is 17.1 Å². The number of nitrogens with one attached hydrogen (secondary N) is 1. The summed E-state index contributed by atoms with van der Waals surface area (Å²) in [6.45, 7) is 0.370. The van der Waals surface area contributed by atoms with E-state index in [1.807, 2.05) is 12.1 Å². The third kappa shape index (κ3) is 3.75. The van der Waals surface area contributed by atoms with Crippen molar-refractivity contribution in [1.82, 2.24) is 20.1 Å². The monoisotopic (exact) mass is 378 g/mol. The highest BCUT2D eigenvalue weighted by atomic mass is 35.5. The molecule has 1 amide bonds. The average Bonchev–Trinajstić information content (AvgIpc) is 3.37. The third-order valence-electron chi connectivity index (χ3n) is 3.96. The largest absolute Gasteiger partial charge is 0.463 e. The van der Waals surface area contributed by atoms with E-state index < -0.39 is 0 Å². The molecule has 6 nitrogen and oxygen atoms in total. The number of hydrogen-bond donors (Lipinski definition) is 1. The molecule has 0 fully saturated rings. The molecule has 0 radical (unpaired) electrons. The molecule has 0 atom stereocenters. The zero-order valence-electron chi connectivity index (χ0n) is 14.2. The van der Waals surface area contributed by atoms with Gasteiger partial charge in [0.25, 0.3) is 5.91 Å². The summed E-state index contributed by atoms with van der Waals surface area (Å²) in [6, 6.07) is 16.1. The van der Waals surface area contributed by atoms with Gasteiger partial charge in [0.15, 0.2) is 5.76 Å². The van der Waals surface area contributed by atoms with E-state index in [0.29, 0.717) is 28.7 Å². The van der Waals surface area contributed by atoms with Crippen molar-refractivity contribution < 1.29 is 9.21 Å². The second kappa shape index (κ2) is 7.47.